The van der Waals surface area contributed by atoms with Crippen molar-refractivity contribution in [1.82, 2.24) is 14.6 Å². The highest BCUT2D eigenvalue weighted by molar-refractivity contribution is 7.16. The minimum absolute atomic E-state index is 0.0973. The van der Waals surface area contributed by atoms with Crippen molar-refractivity contribution in [3.05, 3.63) is 16.4 Å². The molecule has 4 nitrogen and oxygen atoms in total. The van der Waals surface area contributed by atoms with Crippen molar-refractivity contribution in [2.75, 3.05) is 0 Å². The molecule has 0 aliphatic rings. The minimum atomic E-state index is -4.64. The zero-order valence-corrected chi connectivity index (χ0v) is 10.5. The van der Waals surface area contributed by atoms with E-state index in [1.807, 2.05) is 13.8 Å². The van der Waals surface area contributed by atoms with Gasteiger partial charge in [-0.25, -0.2) is 4.98 Å². The van der Waals surface area contributed by atoms with Crippen LogP contribution in [0, 0.1) is 5.92 Å². The van der Waals surface area contributed by atoms with Crippen LogP contribution < -0.4 is 0 Å². The Hall–Kier alpha value is -1.44. The lowest BCUT2D eigenvalue weighted by atomic mass is 10.1. The lowest BCUT2D eigenvalue weighted by Crippen LogP contribution is -2.10. The molecule has 0 fully saturated rings. The van der Waals surface area contributed by atoms with Crippen LogP contribution in [-0.4, -0.2) is 20.9 Å². The summed E-state index contributed by atoms with van der Waals surface area (Å²) in [5.74, 6) is 0.336. The average Bonchev–Trinajstić information content (AvgIpc) is 2.71. The van der Waals surface area contributed by atoms with Crippen LogP contribution in [0.25, 0.3) is 4.96 Å². The molecule has 0 amide bonds. The van der Waals surface area contributed by atoms with E-state index in [2.05, 4.69) is 10.1 Å². The Kier molecular flexibility index (Phi) is 3.14. The predicted molar refractivity (Wildman–Crippen MR) is 59.8 cm³/mol. The summed E-state index contributed by atoms with van der Waals surface area (Å²) in [5.41, 5.74) is -1.71. The monoisotopic (exact) mass is 277 g/mol. The molecule has 2 aromatic heterocycles. The molecule has 0 N–H and O–H groups in total. The summed E-state index contributed by atoms with van der Waals surface area (Å²) in [5, 5.41) is 4.67. The number of fused-ring (bicyclic) bond motifs is 1. The third-order valence-electron chi connectivity index (χ3n) is 2.24. The van der Waals surface area contributed by atoms with Gasteiger partial charge in [0.05, 0.1) is 0 Å². The number of hydrogen-bond donors (Lipinski definition) is 0. The Morgan fingerprint density at radius 1 is 1.44 bits per heavy atom. The summed E-state index contributed by atoms with van der Waals surface area (Å²) in [6.07, 6.45) is -3.85. The van der Waals surface area contributed by atoms with Gasteiger partial charge in [0.25, 0.3) is 0 Å². The molecule has 0 radical (unpaired) electrons. The first kappa shape index (κ1) is 13.0. The zero-order chi connectivity index (χ0) is 13.5. The van der Waals surface area contributed by atoms with Crippen LogP contribution in [0.2, 0.25) is 0 Å². The fraction of sp³-hybridized carbons (Fsp3) is 0.500. The minimum Gasteiger partial charge on any atom is -0.296 e. The molecule has 8 heteroatoms. The van der Waals surface area contributed by atoms with Crippen molar-refractivity contribution in [3.63, 3.8) is 0 Å². The summed E-state index contributed by atoms with van der Waals surface area (Å²) in [6, 6.07) is 0. The number of halogens is 3. The highest BCUT2D eigenvalue weighted by atomic mass is 32.1. The molecule has 0 aliphatic heterocycles. The third-order valence-corrected chi connectivity index (χ3v) is 3.17. The largest absolute Gasteiger partial charge is 0.435 e. The van der Waals surface area contributed by atoms with Crippen LogP contribution >= 0.6 is 11.3 Å². The van der Waals surface area contributed by atoms with Gasteiger partial charge < -0.3 is 0 Å². The molecule has 2 heterocycles. The first-order chi connectivity index (χ1) is 8.32. The van der Waals surface area contributed by atoms with Gasteiger partial charge in [-0.05, 0) is 5.92 Å². The van der Waals surface area contributed by atoms with E-state index in [9.17, 15) is 18.0 Å². The third kappa shape index (κ3) is 2.24. The second kappa shape index (κ2) is 4.34. The Morgan fingerprint density at radius 3 is 2.61 bits per heavy atom. The van der Waals surface area contributed by atoms with Gasteiger partial charge in [0.15, 0.2) is 12.0 Å². The molecule has 0 spiro atoms. The Morgan fingerprint density at radius 2 is 2.11 bits per heavy atom. The van der Waals surface area contributed by atoms with Crippen LogP contribution in [-0.2, 0) is 12.6 Å². The summed E-state index contributed by atoms with van der Waals surface area (Å²) < 4.78 is 38.8. The Balaban J connectivity index is 2.54. The van der Waals surface area contributed by atoms with E-state index in [0.717, 1.165) is 15.9 Å². The number of carbonyl (C=O) groups is 1. The van der Waals surface area contributed by atoms with E-state index in [0.29, 0.717) is 17.3 Å². The second-order valence-corrected chi connectivity index (χ2v) is 5.29. The fourth-order valence-corrected chi connectivity index (χ4v) is 2.66. The van der Waals surface area contributed by atoms with Gasteiger partial charge in [0.2, 0.25) is 4.96 Å². The summed E-state index contributed by atoms with van der Waals surface area (Å²) >= 11 is 1.07. The molecule has 0 atom stereocenters. The summed E-state index contributed by atoms with van der Waals surface area (Å²) in [4.78, 5) is 14.3. The fourth-order valence-electron chi connectivity index (χ4n) is 1.55. The number of hydrogen-bond acceptors (Lipinski definition) is 4. The highest BCUT2D eigenvalue weighted by Crippen LogP contribution is 2.32. The van der Waals surface area contributed by atoms with E-state index < -0.39 is 17.6 Å². The maximum atomic E-state index is 12.6. The smallest absolute Gasteiger partial charge is 0.296 e. The average molecular weight is 277 g/mol. The number of imidazole rings is 1. The van der Waals surface area contributed by atoms with Crippen molar-refractivity contribution in [2.45, 2.75) is 26.4 Å². The molecule has 0 unspecified atom stereocenters. The Bertz CT molecular complexity index is 585. The SMILES string of the molecule is CC(C)Cc1nn2c(C=O)c(C(F)(F)F)nc2s1. The molecular formula is C10H10F3N3OS. The van der Waals surface area contributed by atoms with Crippen LogP contribution in [0.15, 0.2) is 0 Å². The zero-order valence-electron chi connectivity index (χ0n) is 9.65. The van der Waals surface area contributed by atoms with Gasteiger partial charge in [-0.2, -0.15) is 22.8 Å². The van der Waals surface area contributed by atoms with E-state index in [4.69, 9.17) is 0 Å². The van der Waals surface area contributed by atoms with Crippen molar-refractivity contribution in [1.29, 1.82) is 0 Å². The molecule has 18 heavy (non-hydrogen) atoms. The molecule has 0 aromatic carbocycles. The second-order valence-electron chi connectivity index (χ2n) is 4.25. The van der Waals surface area contributed by atoms with Crippen LogP contribution in [0.3, 0.4) is 0 Å². The molecule has 0 bridgehead atoms. The molecule has 2 rings (SSSR count). The highest BCUT2D eigenvalue weighted by Gasteiger charge is 2.38. The first-order valence-electron chi connectivity index (χ1n) is 5.23. The molecular weight excluding hydrogens is 267 g/mol. The number of aromatic nitrogens is 3. The first-order valence-corrected chi connectivity index (χ1v) is 6.05. The van der Waals surface area contributed by atoms with Gasteiger partial charge in [-0.1, -0.05) is 25.2 Å². The molecule has 0 saturated carbocycles. The van der Waals surface area contributed by atoms with E-state index in [-0.39, 0.29) is 11.2 Å². The van der Waals surface area contributed by atoms with Gasteiger partial charge in [-0.15, -0.1) is 0 Å². The maximum Gasteiger partial charge on any atom is 0.435 e. The summed E-state index contributed by atoms with van der Waals surface area (Å²) in [7, 11) is 0. The van der Waals surface area contributed by atoms with E-state index in [1.165, 1.54) is 0 Å². The number of rotatable bonds is 3. The van der Waals surface area contributed by atoms with Crippen LogP contribution in [0.5, 0.6) is 0 Å². The van der Waals surface area contributed by atoms with E-state index >= 15 is 0 Å². The molecule has 98 valence electrons. The van der Waals surface area contributed by atoms with Crippen LogP contribution in [0.4, 0.5) is 13.2 Å². The van der Waals surface area contributed by atoms with E-state index in [1.54, 1.807) is 0 Å². The lowest BCUT2D eigenvalue weighted by Gasteiger charge is -2.02. The van der Waals surface area contributed by atoms with Crippen molar-refractivity contribution < 1.29 is 18.0 Å². The quantitative estimate of drug-likeness (QED) is 0.810. The molecule has 2 aromatic rings. The Labute approximate surface area is 104 Å². The van der Waals surface area contributed by atoms with Crippen LogP contribution in [0.1, 0.15) is 35.0 Å². The van der Waals surface area contributed by atoms with Gasteiger partial charge in [-0.3, -0.25) is 4.79 Å². The topological polar surface area (TPSA) is 47.3 Å². The van der Waals surface area contributed by atoms with Crippen molar-refractivity contribution in [2.24, 2.45) is 5.92 Å². The number of aldehydes is 1. The van der Waals surface area contributed by atoms with Crippen molar-refractivity contribution >= 4 is 22.6 Å². The number of alkyl halides is 3. The van der Waals surface area contributed by atoms with Crippen molar-refractivity contribution in [3.8, 4) is 0 Å². The number of nitrogens with zero attached hydrogens (tertiary/aromatic N) is 3. The van der Waals surface area contributed by atoms with Gasteiger partial charge >= 0.3 is 6.18 Å². The predicted octanol–water partition coefficient (Wildman–Crippen LogP) is 2.82. The summed E-state index contributed by atoms with van der Waals surface area (Å²) in [6.45, 7) is 3.96. The van der Waals surface area contributed by atoms with Gasteiger partial charge in [0.1, 0.15) is 10.7 Å². The molecule has 0 saturated heterocycles. The standard InChI is InChI=1S/C10H10F3N3OS/c1-5(2)3-7-15-16-6(4-17)8(10(11,12)13)14-9(16)18-7/h4-5H,3H2,1-2H3. The maximum absolute atomic E-state index is 12.6. The molecule has 0 aliphatic carbocycles. The lowest BCUT2D eigenvalue weighted by molar-refractivity contribution is -0.141. The number of carbonyl (C=O) groups excluding carboxylic acids is 1. The van der Waals surface area contributed by atoms with Gasteiger partial charge in [0, 0.05) is 6.42 Å². The normalized spacial score (nSPS) is 12.6.